The van der Waals surface area contributed by atoms with Crippen LogP contribution in [0.1, 0.15) is 13.3 Å². The van der Waals surface area contributed by atoms with Crippen LogP contribution in [0, 0.1) is 5.82 Å². The van der Waals surface area contributed by atoms with Crippen LogP contribution in [0.4, 0.5) is 25.4 Å². The van der Waals surface area contributed by atoms with Gasteiger partial charge in [-0.2, -0.15) is 5.01 Å². The van der Waals surface area contributed by atoms with E-state index < -0.39 is 39.8 Å². The van der Waals surface area contributed by atoms with E-state index in [9.17, 15) is 22.8 Å². The summed E-state index contributed by atoms with van der Waals surface area (Å²) in [6.45, 7) is 1.60. The lowest BCUT2D eigenvalue weighted by Gasteiger charge is -2.21. The van der Waals surface area contributed by atoms with Crippen molar-refractivity contribution in [1.82, 2.24) is 5.01 Å². The van der Waals surface area contributed by atoms with E-state index in [0.717, 1.165) is 17.3 Å². The van der Waals surface area contributed by atoms with Crippen molar-refractivity contribution in [3.05, 3.63) is 77.6 Å². The van der Waals surface area contributed by atoms with Crippen LogP contribution in [0.5, 0.6) is 0 Å². The lowest BCUT2D eigenvalue weighted by molar-refractivity contribution is -0.119. The Morgan fingerprint density at radius 1 is 1.07 bits per heavy atom. The highest BCUT2D eigenvalue weighted by Crippen LogP contribution is 2.30. The number of hydrazone groups is 1. The van der Waals surface area contributed by atoms with Crippen molar-refractivity contribution in [1.29, 1.82) is 0 Å². The molecule has 214 valence electrons. The summed E-state index contributed by atoms with van der Waals surface area (Å²) in [5.74, 6) is -1.94. The van der Waals surface area contributed by atoms with Gasteiger partial charge in [0.25, 0.3) is 0 Å². The Hall–Kier alpha value is -4.49. The first-order valence-corrected chi connectivity index (χ1v) is 14.4. The maximum absolute atomic E-state index is 15.1. The lowest BCUT2D eigenvalue weighted by atomic mass is 10.0. The summed E-state index contributed by atoms with van der Waals surface area (Å²) in [7, 11) is -3.59. The van der Waals surface area contributed by atoms with Crippen LogP contribution in [-0.4, -0.2) is 56.3 Å². The van der Waals surface area contributed by atoms with Crippen LogP contribution in [0.15, 0.2) is 76.7 Å². The molecule has 3 aromatic carbocycles. The number of carbonyl (C=O) groups excluding carboxylic acids is 3. The molecule has 3 aromatic rings. The Morgan fingerprint density at radius 3 is 2.44 bits per heavy atom. The molecule has 4 rings (SSSR count). The molecule has 3 amide bonds. The number of anilines is 2. The van der Waals surface area contributed by atoms with Gasteiger partial charge in [0, 0.05) is 22.5 Å². The molecule has 11 nitrogen and oxygen atoms in total. The maximum atomic E-state index is 15.1. The number of rotatable bonds is 6. The maximum Gasteiger partial charge on any atom is 0.514 e. The number of benzene rings is 3. The third-order valence-corrected chi connectivity index (χ3v) is 7.18. The standard InChI is InChI=1S/C27H24ClFN4O7S/c1-3-39-27(36)40-24-15-22(33(32-24)26(35)30-18-11-9-17(28)10-12-18)25(34)31-21-13-8-16(14-20(21)29)19-6-4-5-7-23(19)41(2,37)38/h4-14,22H,3,15H2,1-2H3,(H,30,35)(H,31,34). The van der Waals surface area contributed by atoms with Gasteiger partial charge in [0.1, 0.15) is 11.9 Å². The van der Waals surface area contributed by atoms with Gasteiger partial charge in [0.15, 0.2) is 9.84 Å². The molecule has 14 heteroatoms. The SMILES string of the molecule is CCOC(=O)OC1=NN(C(=O)Nc2ccc(Cl)cc2)C(C(=O)Nc2ccc(-c3ccccc3S(C)(=O)=O)cc2F)C1. The molecule has 0 fully saturated rings. The van der Waals surface area contributed by atoms with Gasteiger partial charge in [-0.3, -0.25) is 4.79 Å². The molecular weight excluding hydrogens is 579 g/mol. The summed E-state index contributed by atoms with van der Waals surface area (Å²) in [5, 5.41) is 10.1. The molecule has 41 heavy (non-hydrogen) atoms. The van der Waals surface area contributed by atoms with Gasteiger partial charge in [0.05, 0.1) is 23.6 Å². The third kappa shape index (κ3) is 7.18. The number of hydrogen-bond acceptors (Lipinski definition) is 8. The summed E-state index contributed by atoms with van der Waals surface area (Å²) in [6, 6.07) is 14.0. The van der Waals surface area contributed by atoms with Gasteiger partial charge < -0.3 is 20.1 Å². The summed E-state index contributed by atoms with van der Waals surface area (Å²) in [5.41, 5.74) is 0.694. The van der Waals surface area contributed by atoms with Gasteiger partial charge in [0.2, 0.25) is 11.8 Å². The number of nitrogens with one attached hydrogen (secondary N) is 2. The van der Waals surface area contributed by atoms with Gasteiger partial charge in [-0.15, -0.1) is 5.10 Å². The first-order valence-electron chi connectivity index (χ1n) is 12.1. The fraction of sp³-hybridized carbons (Fsp3) is 0.185. The van der Waals surface area contributed by atoms with E-state index >= 15 is 4.39 Å². The smallest absolute Gasteiger partial charge is 0.434 e. The Morgan fingerprint density at radius 2 is 1.78 bits per heavy atom. The van der Waals surface area contributed by atoms with Crippen molar-refractivity contribution in [3.8, 4) is 11.1 Å². The van der Waals surface area contributed by atoms with E-state index in [4.69, 9.17) is 21.1 Å². The quantitative estimate of drug-likeness (QED) is 0.365. The largest absolute Gasteiger partial charge is 0.514 e. The number of urea groups is 1. The lowest BCUT2D eigenvalue weighted by Crippen LogP contribution is -2.43. The van der Waals surface area contributed by atoms with Gasteiger partial charge in [-0.1, -0.05) is 35.9 Å². The average Bonchev–Trinajstić information content (AvgIpc) is 3.34. The van der Waals surface area contributed by atoms with Crippen molar-refractivity contribution in [3.63, 3.8) is 0 Å². The van der Waals surface area contributed by atoms with Crippen molar-refractivity contribution < 1.29 is 36.7 Å². The fourth-order valence-corrected chi connectivity index (χ4v) is 4.96. The molecule has 1 heterocycles. The first-order chi connectivity index (χ1) is 19.5. The fourth-order valence-electron chi connectivity index (χ4n) is 3.92. The number of sulfone groups is 1. The first kappa shape index (κ1) is 29.5. The van der Waals surface area contributed by atoms with E-state index in [0.29, 0.717) is 16.3 Å². The predicted octanol–water partition coefficient (Wildman–Crippen LogP) is 5.28. The second-order valence-electron chi connectivity index (χ2n) is 8.73. The Labute approximate surface area is 239 Å². The minimum absolute atomic E-state index is 0.0239. The normalized spacial score (nSPS) is 14.7. The zero-order valence-electron chi connectivity index (χ0n) is 21.8. The van der Waals surface area contributed by atoms with Crippen LogP contribution in [0.3, 0.4) is 0 Å². The zero-order chi connectivity index (χ0) is 29.7. The number of halogens is 2. The molecule has 1 aliphatic heterocycles. The molecule has 0 radical (unpaired) electrons. The molecule has 0 saturated carbocycles. The van der Waals surface area contributed by atoms with Gasteiger partial charge in [-0.25, -0.2) is 22.4 Å². The third-order valence-electron chi connectivity index (χ3n) is 5.78. The molecule has 0 aliphatic carbocycles. The van der Waals surface area contributed by atoms with Gasteiger partial charge >= 0.3 is 12.2 Å². The van der Waals surface area contributed by atoms with Crippen LogP contribution in [0.25, 0.3) is 11.1 Å². The number of nitrogens with zero attached hydrogens (tertiary/aromatic N) is 2. The van der Waals surface area contributed by atoms with Crippen molar-refractivity contribution in [2.24, 2.45) is 5.10 Å². The number of ether oxygens (including phenoxy) is 2. The summed E-state index contributed by atoms with van der Waals surface area (Å²) < 4.78 is 49.2. The van der Waals surface area contributed by atoms with E-state index in [1.165, 1.54) is 30.3 Å². The summed E-state index contributed by atoms with van der Waals surface area (Å²) in [6.07, 6.45) is -0.323. The molecule has 0 spiro atoms. The molecular formula is C27H24ClFN4O7S. The molecule has 0 aromatic heterocycles. The highest BCUT2D eigenvalue weighted by molar-refractivity contribution is 7.90. The van der Waals surface area contributed by atoms with Crippen molar-refractivity contribution in [2.75, 3.05) is 23.5 Å². The van der Waals surface area contributed by atoms with Crippen LogP contribution >= 0.6 is 11.6 Å². The van der Waals surface area contributed by atoms with Crippen LogP contribution < -0.4 is 10.6 Å². The van der Waals surface area contributed by atoms with E-state index in [2.05, 4.69) is 15.7 Å². The van der Waals surface area contributed by atoms with Crippen LogP contribution in [-0.2, 0) is 24.1 Å². The Bertz CT molecular complexity index is 1630. The topological polar surface area (TPSA) is 143 Å². The highest BCUT2D eigenvalue weighted by atomic mass is 35.5. The summed E-state index contributed by atoms with van der Waals surface area (Å²) >= 11 is 5.88. The minimum atomic E-state index is -3.59. The summed E-state index contributed by atoms with van der Waals surface area (Å²) in [4.78, 5) is 38.1. The monoisotopic (exact) mass is 602 g/mol. The predicted molar refractivity (Wildman–Crippen MR) is 150 cm³/mol. The Balaban J connectivity index is 1.56. The Kier molecular flexibility index (Phi) is 8.89. The molecule has 1 unspecified atom stereocenters. The van der Waals surface area contributed by atoms with E-state index in [1.54, 1.807) is 37.3 Å². The number of hydrogen-bond donors (Lipinski definition) is 2. The van der Waals surface area contributed by atoms with Gasteiger partial charge in [-0.05, 0) is 55.0 Å². The molecule has 1 atom stereocenters. The molecule has 0 bridgehead atoms. The molecule has 2 N–H and O–H groups in total. The average molecular weight is 603 g/mol. The number of amides is 3. The van der Waals surface area contributed by atoms with Crippen molar-refractivity contribution in [2.45, 2.75) is 24.3 Å². The van der Waals surface area contributed by atoms with E-state index in [1.807, 2.05) is 0 Å². The van der Waals surface area contributed by atoms with Crippen LogP contribution in [0.2, 0.25) is 5.02 Å². The van der Waals surface area contributed by atoms with Crippen molar-refractivity contribution >= 4 is 56.8 Å². The minimum Gasteiger partial charge on any atom is -0.434 e. The second kappa shape index (κ2) is 12.4. The van der Waals surface area contributed by atoms with E-state index in [-0.39, 0.29) is 35.1 Å². The second-order valence-corrected chi connectivity index (χ2v) is 11.2. The number of carbonyl (C=O) groups is 3. The zero-order valence-corrected chi connectivity index (χ0v) is 23.3. The molecule has 1 aliphatic rings. The molecule has 0 saturated heterocycles. The highest BCUT2D eigenvalue weighted by Gasteiger charge is 2.39.